The fourth-order valence-corrected chi connectivity index (χ4v) is 0.655. The molecular weight excluding hydrogens is 166 g/mol. The molecule has 0 aliphatic rings. The molecule has 0 unspecified atom stereocenters. The highest BCUT2D eigenvalue weighted by Crippen LogP contribution is 2.24. The number of aliphatic hydroxyl groups is 1. The first-order valence-corrected chi connectivity index (χ1v) is 4.54. The van der Waals surface area contributed by atoms with Gasteiger partial charge in [0.1, 0.15) is 0 Å². The summed E-state index contributed by atoms with van der Waals surface area (Å²) in [4.78, 5) is 0. The van der Waals surface area contributed by atoms with Gasteiger partial charge in [0, 0.05) is 13.0 Å². The van der Waals surface area contributed by atoms with Crippen LogP contribution in [0.5, 0.6) is 0 Å². The Morgan fingerprint density at radius 1 is 1.31 bits per heavy atom. The Morgan fingerprint density at radius 3 is 2.23 bits per heavy atom. The van der Waals surface area contributed by atoms with Crippen molar-refractivity contribution >= 4 is 0 Å². The van der Waals surface area contributed by atoms with E-state index in [1.165, 1.54) is 0 Å². The predicted octanol–water partition coefficient (Wildman–Crippen LogP) is 1.86. The molecule has 0 saturated heterocycles. The number of rotatable bonds is 5. The summed E-state index contributed by atoms with van der Waals surface area (Å²) in [5.41, 5.74) is -1.43. The standard InChI is InChI=1S/C10H19NO2/c1-9(2,12)10(3,4)13-8-6-5-7-11/h12H,5-6,8H2,1-4H3. The maximum atomic E-state index is 9.71. The molecule has 0 heterocycles. The van der Waals surface area contributed by atoms with Gasteiger partial charge in [0.25, 0.3) is 0 Å². The number of hydrogen-bond acceptors (Lipinski definition) is 3. The zero-order valence-electron chi connectivity index (χ0n) is 8.92. The minimum Gasteiger partial charge on any atom is -0.387 e. The molecule has 0 bridgehead atoms. The van der Waals surface area contributed by atoms with Crippen LogP contribution in [0.4, 0.5) is 0 Å². The zero-order valence-corrected chi connectivity index (χ0v) is 8.92. The topological polar surface area (TPSA) is 53.2 Å². The Kier molecular flexibility index (Phi) is 4.38. The summed E-state index contributed by atoms with van der Waals surface area (Å²) in [5.74, 6) is 0. The molecule has 0 aromatic heterocycles. The molecule has 0 amide bonds. The fraction of sp³-hybridized carbons (Fsp3) is 0.900. The first kappa shape index (κ1) is 12.4. The van der Waals surface area contributed by atoms with Crippen LogP contribution in [-0.4, -0.2) is 22.9 Å². The molecule has 0 radical (unpaired) electrons. The molecule has 0 aliphatic heterocycles. The van der Waals surface area contributed by atoms with Gasteiger partial charge in [0.2, 0.25) is 0 Å². The molecule has 3 nitrogen and oxygen atoms in total. The molecule has 76 valence electrons. The molecular formula is C10H19NO2. The van der Waals surface area contributed by atoms with Crippen LogP contribution in [0.3, 0.4) is 0 Å². The van der Waals surface area contributed by atoms with E-state index in [1.54, 1.807) is 13.8 Å². The third kappa shape index (κ3) is 4.25. The number of hydrogen-bond donors (Lipinski definition) is 1. The highest BCUT2D eigenvalue weighted by atomic mass is 16.5. The van der Waals surface area contributed by atoms with Gasteiger partial charge in [-0.15, -0.1) is 0 Å². The van der Waals surface area contributed by atoms with Crippen molar-refractivity contribution < 1.29 is 9.84 Å². The van der Waals surface area contributed by atoms with Crippen molar-refractivity contribution in [2.45, 2.75) is 51.7 Å². The molecule has 0 saturated carbocycles. The van der Waals surface area contributed by atoms with Crippen LogP contribution in [0.15, 0.2) is 0 Å². The van der Waals surface area contributed by atoms with Gasteiger partial charge in [-0.1, -0.05) is 0 Å². The lowest BCUT2D eigenvalue weighted by Gasteiger charge is -2.37. The molecule has 1 N–H and O–H groups in total. The molecule has 13 heavy (non-hydrogen) atoms. The Bertz CT molecular complexity index is 186. The largest absolute Gasteiger partial charge is 0.387 e. The molecule has 0 rings (SSSR count). The Balaban J connectivity index is 3.85. The maximum absolute atomic E-state index is 9.71. The van der Waals surface area contributed by atoms with Crippen molar-refractivity contribution in [3.05, 3.63) is 0 Å². The first-order valence-electron chi connectivity index (χ1n) is 4.54. The van der Waals surface area contributed by atoms with Gasteiger partial charge in [-0.3, -0.25) is 0 Å². The van der Waals surface area contributed by atoms with E-state index in [1.807, 2.05) is 13.8 Å². The fourth-order valence-electron chi connectivity index (χ4n) is 0.655. The molecule has 3 heteroatoms. The lowest BCUT2D eigenvalue weighted by Crippen LogP contribution is -2.47. The smallest absolute Gasteiger partial charge is 0.0906 e. The van der Waals surface area contributed by atoms with E-state index >= 15 is 0 Å². The van der Waals surface area contributed by atoms with E-state index in [9.17, 15) is 5.11 Å². The average Bonchev–Trinajstić information content (AvgIpc) is 1.96. The normalized spacial score (nSPS) is 12.6. The Labute approximate surface area is 80.3 Å². The second-order valence-corrected chi connectivity index (χ2v) is 4.18. The first-order chi connectivity index (χ1) is 5.81. The summed E-state index contributed by atoms with van der Waals surface area (Å²) in [6, 6.07) is 2.05. The number of ether oxygens (including phenoxy) is 1. The second-order valence-electron chi connectivity index (χ2n) is 4.18. The predicted molar refractivity (Wildman–Crippen MR) is 51.2 cm³/mol. The highest BCUT2D eigenvalue weighted by molar-refractivity contribution is 4.87. The van der Waals surface area contributed by atoms with Crippen LogP contribution in [0, 0.1) is 11.3 Å². The third-order valence-corrected chi connectivity index (χ3v) is 2.37. The molecule has 0 aliphatic carbocycles. The van der Waals surface area contributed by atoms with Gasteiger partial charge in [0.05, 0.1) is 17.3 Å². The van der Waals surface area contributed by atoms with Crippen LogP contribution < -0.4 is 0 Å². The summed E-state index contributed by atoms with van der Waals surface area (Å²) in [6.07, 6.45) is 1.22. The van der Waals surface area contributed by atoms with E-state index in [0.717, 1.165) is 6.42 Å². The zero-order chi connectivity index (χ0) is 10.5. The van der Waals surface area contributed by atoms with Crippen LogP contribution in [-0.2, 0) is 4.74 Å². The van der Waals surface area contributed by atoms with Crippen molar-refractivity contribution in [2.24, 2.45) is 0 Å². The van der Waals surface area contributed by atoms with Crippen LogP contribution in [0.2, 0.25) is 0 Å². The van der Waals surface area contributed by atoms with Crippen molar-refractivity contribution in [3.63, 3.8) is 0 Å². The lowest BCUT2D eigenvalue weighted by atomic mass is 9.89. The summed E-state index contributed by atoms with van der Waals surface area (Å²) >= 11 is 0. The summed E-state index contributed by atoms with van der Waals surface area (Å²) in [5, 5.41) is 18.0. The quantitative estimate of drug-likeness (QED) is 0.665. The molecule has 0 fully saturated rings. The van der Waals surface area contributed by atoms with E-state index < -0.39 is 11.2 Å². The minimum absolute atomic E-state index is 0.502. The van der Waals surface area contributed by atoms with Gasteiger partial charge in [-0.2, -0.15) is 5.26 Å². The van der Waals surface area contributed by atoms with Crippen molar-refractivity contribution in [2.75, 3.05) is 6.61 Å². The highest BCUT2D eigenvalue weighted by Gasteiger charge is 2.35. The van der Waals surface area contributed by atoms with Gasteiger partial charge >= 0.3 is 0 Å². The molecule has 0 aromatic rings. The van der Waals surface area contributed by atoms with Crippen molar-refractivity contribution in [1.82, 2.24) is 0 Å². The SMILES string of the molecule is CC(C)(O)C(C)(C)OCCCC#N. The second kappa shape index (κ2) is 4.59. The van der Waals surface area contributed by atoms with Gasteiger partial charge < -0.3 is 9.84 Å². The summed E-state index contributed by atoms with van der Waals surface area (Å²) < 4.78 is 5.49. The van der Waals surface area contributed by atoms with Crippen LogP contribution >= 0.6 is 0 Å². The van der Waals surface area contributed by atoms with E-state index in [4.69, 9.17) is 10.00 Å². The number of nitriles is 1. The average molecular weight is 185 g/mol. The Hall–Kier alpha value is -0.590. The molecule has 0 atom stereocenters. The minimum atomic E-state index is -0.861. The maximum Gasteiger partial charge on any atom is 0.0906 e. The summed E-state index contributed by atoms with van der Waals surface area (Å²) in [7, 11) is 0. The van der Waals surface area contributed by atoms with Gasteiger partial charge in [-0.25, -0.2) is 0 Å². The van der Waals surface area contributed by atoms with E-state index in [-0.39, 0.29) is 0 Å². The van der Waals surface area contributed by atoms with E-state index in [0.29, 0.717) is 13.0 Å². The molecule has 0 aromatic carbocycles. The third-order valence-electron chi connectivity index (χ3n) is 2.37. The van der Waals surface area contributed by atoms with Crippen molar-refractivity contribution in [1.29, 1.82) is 5.26 Å². The van der Waals surface area contributed by atoms with Gasteiger partial charge in [-0.05, 0) is 34.1 Å². The van der Waals surface area contributed by atoms with Crippen LogP contribution in [0.1, 0.15) is 40.5 Å². The lowest BCUT2D eigenvalue weighted by molar-refractivity contribution is -0.147. The number of nitrogens with zero attached hydrogens (tertiary/aromatic N) is 1. The van der Waals surface area contributed by atoms with Crippen LogP contribution in [0.25, 0.3) is 0 Å². The monoisotopic (exact) mass is 185 g/mol. The summed E-state index contributed by atoms with van der Waals surface area (Å²) in [6.45, 7) is 7.65. The van der Waals surface area contributed by atoms with E-state index in [2.05, 4.69) is 6.07 Å². The molecule has 0 spiro atoms. The van der Waals surface area contributed by atoms with Crippen molar-refractivity contribution in [3.8, 4) is 6.07 Å². The Morgan fingerprint density at radius 2 is 1.85 bits per heavy atom. The van der Waals surface area contributed by atoms with Gasteiger partial charge in [0.15, 0.2) is 0 Å². The number of unbranched alkanes of at least 4 members (excludes halogenated alkanes) is 1.